The molecule has 1 aromatic heterocycles. The SMILES string of the molecule is CCc1cccc2c(CCNC(=NC)N3CCC(N4CC=CC4)C3)c[nH]c12. The van der Waals surface area contributed by atoms with Gasteiger partial charge in [-0.25, -0.2) is 0 Å². The van der Waals surface area contributed by atoms with E-state index >= 15 is 0 Å². The summed E-state index contributed by atoms with van der Waals surface area (Å²) in [6.07, 6.45) is 10.0. The van der Waals surface area contributed by atoms with Crippen molar-refractivity contribution >= 4 is 16.9 Å². The van der Waals surface area contributed by atoms with Crippen LogP contribution >= 0.6 is 0 Å². The third-order valence-corrected chi connectivity index (χ3v) is 5.98. The zero-order valence-electron chi connectivity index (χ0n) is 16.5. The fourth-order valence-electron chi connectivity index (χ4n) is 4.44. The molecule has 0 saturated carbocycles. The van der Waals surface area contributed by atoms with Gasteiger partial charge in [-0.3, -0.25) is 9.89 Å². The summed E-state index contributed by atoms with van der Waals surface area (Å²) in [6, 6.07) is 7.26. The Bertz CT molecular complexity index is 826. The van der Waals surface area contributed by atoms with Gasteiger partial charge >= 0.3 is 0 Å². The molecule has 27 heavy (non-hydrogen) atoms. The van der Waals surface area contributed by atoms with Crippen LogP contribution in [0.1, 0.15) is 24.5 Å². The number of likely N-dealkylation sites (tertiary alicyclic amines) is 1. The van der Waals surface area contributed by atoms with Crippen molar-refractivity contribution in [2.75, 3.05) is 39.8 Å². The Hall–Kier alpha value is -2.27. The first-order valence-corrected chi connectivity index (χ1v) is 10.2. The van der Waals surface area contributed by atoms with Gasteiger partial charge in [0.15, 0.2) is 5.96 Å². The lowest BCUT2D eigenvalue weighted by Crippen LogP contribution is -2.43. The Kier molecular flexibility index (Phi) is 5.48. The van der Waals surface area contributed by atoms with E-state index in [9.17, 15) is 0 Å². The molecule has 3 heterocycles. The van der Waals surface area contributed by atoms with Crippen LogP contribution in [0.25, 0.3) is 10.9 Å². The number of nitrogens with zero attached hydrogens (tertiary/aromatic N) is 3. The number of fused-ring (bicyclic) bond motifs is 1. The normalized spacial score (nSPS) is 20.9. The molecule has 2 aliphatic rings. The van der Waals surface area contributed by atoms with Crippen molar-refractivity contribution in [2.24, 2.45) is 4.99 Å². The zero-order valence-corrected chi connectivity index (χ0v) is 16.5. The van der Waals surface area contributed by atoms with E-state index in [1.54, 1.807) is 0 Å². The lowest BCUT2D eigenvalue weighted by molar-refractivity contribution is 0.259. The predicted molar refractivity (Wildman–Crippen MR) is 113 cm³/mol. The second kappa shape index (κ2) is 8.17. The Labute approximate surface area is 162 Å². The van der Waals surface area contributed by atoms with E-state index in [4.69, 9.17) is 0 Å². The van der Waals surface area contributed by atoms with Crippen molar-refractivity contribution in [1.29, 1.82) is 0 Å². The minimum Gasteiger partial charge on any atom is -0.361 e. The van der Waals surface area contributed by atoms with E-state index in [1.165, 1.54) is 28.5 Å². The molecule has 1 aromatic carbocycles. The van der Waals surface area contributed by atoms with Crippen molar-refractivity contribution < 1.29 is 0 Å². The van der Waals surface area contributed by atoms with Gasteiger partial charge in [0, 0.05) is 62.9 Å². The average molecular weight is 366 g/mol. The van der Waals surface area contributed by atoms with Gasteiger partial charge < -0.3 is 15.2 Å². The van der Waals surface area contributed by atoms with Gasteiger partial charge in [0.25, 0.3) is 0 Å². The molecule has 0 bridgehead atoms. The van der Waals surface area contributed by atoms with Crippen molar-refractivity contribution in [3.63, 3.8) is 0 Å². The number of aromatic amines is 1. The molecule has 1 atom stereocenters. The molecule has 144 valence electrons. The van der Waals surface area contributed by atoms with Crippen molar-refractivity contribution in [3.05, 3.63) is 47.7 Å². The third kappa shape index (κ3) is 3.74. The monoisotopic (exact) mass is 365 g/mol. The van der Waals surface area contributed by atoms with E-state index in [0.29, 0.717) is 6.04 Å². The summed E-state index contributed by atoms with van der Waals surface area (Å²) < 4.78 is 0. The minimum atomic E-state index is 0.652. The summed E-state index contributed by atoms with van der Waals surface area (Å²) >= 11 is 0. The number of H-pyrrole nitrogens is 1. The molecule has 0 aliphatic carbocycles. The molecule has 2 N–H and O–H groups in total. The highest BCUT2D eigenvalue weighted by molar-refractivity contribution is 5.86. The van der Waals surface area contributed by atoms with Gasteiger partial charge in [0.05, 0.1) is 0 Å². The highest BCUT2D eigenvalue weighted by Crippen LogP contribution is 2.22. The number of guanidine groups is 1. The second-order valence-corrected chi connectivity index (χ2v) is 7.54. The second-order valence-electron chi connectivity index (χ2n) is 7.54. The number of rotatable bonds is 5. The Morgan fingerprint density at radius 3 is 2.89 bits per heavy atom. The van der Waals surface area contributed by atoms with Crippen LogP contribution in [-0.4, -0.2) is 66.6 Å². The molecule has 2 aliphatic heterocycles. The first-order chi connectivity index (χ1) is 13.3. The molecule has 0 amide bonds. The quantitative estimate of drug-likeness (QED) is 0.487. The predicted octanol–water partition coefficient (Wildman–Crippen LogP) is 2.79. The van der Waals surface area contributed by atoms with E-state index < -0.39 is 0 Å². The number of para-hydroxylation sites is 1. The molecule has 4 rings (SSSR count). The van der Waals surface area contributed by atoms with Crippen molar-refractivity contribution in [2.45, 2.75) is 32.2 Å². The maximum absolute atomic E-state index is 4.53. The summed E-state index contributed by atoms with van der Waals surface area (Å²) in [7, 11) is 1.90. The van der Waals surface area contributed by atoms with Gasteiger partial charge in [-0.2, -0.15) is 0 Å². The van der Waals surface area contributed by atoms with Crippen LogP contribution < -0.4 is 5.32 Å². The van der Waals surface area contributed by atoms with Gasteiger partial charge in [0.1, 0.15) is 0 Å². The van der Waals surface area contributed by atoms with Crippen molar-refractivity contribution in [1.82, 2.24) is 20.1 Å². The largest absolute Gasteiger partial charge is 0.361 e. The van der Waals surface area contributed by atoms with Crippen molar-refractivity contribution in [3.8, 4) is 0 Å². The number of aryl methyl sites for hydroxylation is 1. The molecular formula is C22H31N5. The average Bonchev–Trinajstić information content (AvgIpc) is 3.45. The van der Waals surface area contributed by atoms with Crippen LogP contribution in [0, 0.1) is 0 Å². The summed E-state index contributed by atoms with van der Waals surface area (Å²) in [5.74, 6) is 1.04. The fourth-order valence-corrected chi connectivity index (χ4v) is 4.44. The van der Waals surface area contributed by atoms with Crippen LogP contribution in [0.4, 0.5) is 0 Å². The van der Waals surface area contributed by atoms with Gasteiger partial charge in [0.2, 0.25) is 0 Å². The maximum Gasteiger partial charge on any atom is 0.193 e. The van der Waals surface area contributed by atoms with E-state index in [2.05, 4.69) is 68.6 Å². The molecule has 0 radical (unpaired) electrons. The number of aromatic nitrogens is 1. The minimum absolute atomic E-state index is 0.652. The topological polar surface area (TPSA) is 46.7 Å². The lowest BCUT2D eigenvalue weighted by atomic mass is 10.1. The maximum atomic E-state index is 4.53. The zero-order chi connectivity index (χ0) is 18.6. The number of hydrogen-bond acceptors (Lipinski definition) is 2. The Morgan fingerprint density at radius 1 is 1.26 bits per heavy atom. The lowest BCUT2D eigenvalue weighted by Gasteiger charge is -2.25. The number of aliphatic imine (C=N–C) groups is 1. The third-order valence-electron chi connectivity index (χ3n) is 5.98. The molecule has 1 unspecified atom stereocenters. The summed E-state index contributed by atoms with van der Waals surface area (Å²) in [4.78, 5) is 13.0. The van der Waals surface area contributed by atoms with E-state index in [-0.39, 0.29) is 0 Å². The van der Waals surface area contributed by atoms with Crippen LogP contribution in [0.2, 0.25) is 0 Å². The standard InChI is InChI=1S/C22H31N5/c1-3-17-7-6-8-20-18(15-25-21(17)20)9-11-24-22(23-2)27-14-10-19(16-27)26-12-4-5-13-26/h4-8,15,19,25H,3,9-14,16H2,1-2H3,(H,23,24). The van der Waals surface area contributed by atoms with Crippen LogP contribution in [0.15, 0.2) is 41.5 Å². The van der Waals surface area contributed by atoms with Crippen LogP contribution in [0.3, 0.4) is 0 Å². The van der Waals surface area contributed by atoms with E-state index in [1.807, 2.05) is 7.05 Å². The van der Waals surface area contributed by atoms with Gasteiger partial charge in [-0.05, 0) is 30.4 Å². The molecule has 5 nitrogen and oxygen atoms in total. The van der Waals surface area contributed by atoms with Crippen LogP contribution in [-0.2, 0) is 12.8 Å². The molecule has 0 spiro atoms. The molecule has 5 heteroatoms. The first kappa shape index (κ1) is 18.1. The highest BCUT2D eigenvalue weighted by atomic mass is 15.3. The van der Waals surface area contributed by atoms with Gasteiger partial charge in [-0.15, -0.1) is 0 Å². The highest BCUT2D eigenvalue weighted by Gasteiger charge is 2.29. The molecule has 1 saturated heterocycles. The summed E-state index contributed by atoms with van der Waals surface area (Å²) in [5, 5.41) is 4.94. The number of nitrogens with one attached hydrogen (secondary N) is 2. The fraction of sp³-hybridized carbons (Fsp3) is 0.500. The number of benzene rings is 1. The smallest absolute Gasteiger partial charge is 0.193 e. The van der Waals surface area contributed by atoms with Gasteiger partial charge in [-0.1, -0.05) is 37.3 Å². The van der Waals surface area contributed by atoms with E-state index in [0.717, 1.165) is 51.5 Å². The Morgan fingerprint density at radius 2 is 2.11 bits per heavy atom. The molecular weight excluding hydrogens is 334 g/mol. The first-order valence-electron chi connectivity index (χ1n) is 10.2. The summed E-state index contributed by atoms with van der Waals surface area (Å²) in [5.41, 5.74) is 4.06. The summed E-state index contributed by atoms with van der Waals surface area (Å²) in [6.45, 7) is 7.49. The van der Waals surface area contributed by atoms with Crippen LogP contribution in [0.5, 0.6) is 0 Å². The number of hydrogen-bond donors (Lipinski definition) is 2. The molecule has 1 fully saturated rings. The molecule has 2 aromatic rings. The Balaban J connectivity index is 1.33.